The van der Waals surface area contributed by atoms with Gasteiger partial charge < -0.3 is 4.90 Å². The summed E-state index contributed by atoms with van der Waals surface area (Å²) >= 11 is 5.80. The summed E-state index contributed by atoms with van der Waals surface area (Å²) in [7, 11) is -1.52. The van der Waals surface area contributed by atoms with Crippen molar-refractivity contribution in [1.29, 1.82) is 0 Å². The monoisotopic (exact) mass is 330 g/mol. The van der Waals surface area contributed by atoms with E-state index in [4.69, 9.17) is 11.6 Å². The van der Waals surface area contributed by atoms with Crippen LogP contribution in [0.4, 0.5) is 0 Å². The van der Waals surface area contributed by atoms with E-state index >= 15 is 0 Å². The molecule has 0 bridgehead atoms. The Kier molecular flexibility index (Phi) is 4.88. The second-order valence-corrected chi connectivity index (χ2v) is 8.15. The van der Waals surface area contributed by atoms with Crippen molar-refractivity contribution in [2.75, 3.05) is 13.3 Å². The Morgan fingerprint density at radius 2 is 2.05 bits per heavy atom. The van der Waals surface area contributed by atoms with Crippen molar-refractivity contribution in [2.45, 2.75) is 37.0 Å². The van der Waals surface area contributed by atoms with Crippen molar-refractivity contribution in [3.63, 3.8) is 0 Å². The van der Waals surface area contributed by atoms with Gasteiger partial charge in [-0.1, -0.05) is 24.4 Å². The number of hydrogen-bond acceptors (Lipinski definition) is 4. The minimum atomic E-state index is -3.18. The number of sulfone groups is 1. The highest BCUT2D eigenvalue weighted by Gasteiger charge is 2.37. The first kappa shape index (κ1) is 16.2. The van der Waals surface area contributed by atoms with Gasteiger partial charge in [-0.05, 0) is 25.0 Å². The Morgan fingerprint density at radius 1 is 1.38 bits per heavy atom. The van der Waals surface area contributed by atoms with Gasteiger partial charge in [-0.3, -0.25) is 4.79 Å². The number of nitrogens with zero attached hydrogens (tertiary/aromatic N) is 2. The molecule has 116 valence electrons. The van der Waals surface area contributed by atoms with E-state index in [1.165, 1.54) is 23.4 Å². The molecule has 5 nitrogen and oxygen atoms in total. The molecule has 1 saturated carbocycles. The van der Waals surface area contributed by atoms with E-state index < -0.39 is 15.1 Å². The van der Waals surface area contributed by atoms with Crippen LogP contribution in [0.25, 0.3) is 0 Å². The van der Waals surface area contributed by atoms with Crippen LogP contribution in [0.3, 0.4) is 0 Å². The maximum atomic E-state index is 12.5. The molecule has 1 aliphatic carbocycles. The first-order valence-electron chi connectivity index (χ1n) is 6.88. The van der Waals surface area contributed by atoms with Crippen LogP contribution in [-0.4, -0.2) is 48.8 Å². The first-order valence-corrected chi connectivity index (χ1v) is 9.21. The zero-order valence-corrected chi connectivity index (χ0v) is 13.7. The molecule has 0 aromatic carbocycles. The van der Waals surface area contributed by atoms with Gasteiger partial charge in [0, 0.05) is 31.1 Å². The number of halogens is 1. The average molecular weight is 331 g/mol. The largest absolute Gasteiger partial charge is 0.337 e. The molecule has 1 amide bonds. The minimum absolute atomic E-state index is 0.222. The maximum absolute atomic E-state index is 12.5. The summed E-state index contributed by atoms with van der Waals surface area (Å²) < 4.78 is 23.9. The van der Waals surface area contributed by atoms with E-state index in [9.17, 15) is 13.2 Å². The van der Waals surface area contributed by atoms with E-state index in [2.05, 4.69) is 4.98 Å². The molecule has 1 fully saturated rings. The Hall–Kier alpha value is -1.14. The molecule has 1 aromatic rings. The van der Waals surface area contributed by atoms with Gasteiger partial charge in [-0.2, -0.15) is 0 Å². The third-order valence-corrected chi connectivity index (χ3v) is 5.87. The normalized spacial score (nSPS) is 22.8. The number of amides is 1. The molecule has 0 unspecified atom stereocenters. The van der Waals surface area contributed by atoms with E-state index in [1.807, 2.05) is 0 Å². The lowest BCUT2D eigenvalue weighted by Gasteiger charge is -2.37. The second kappa shape index (κ2) is 6.32. The number of pyridine rings is 1. The van der Waals surface area contributed by atoms with Crippen LogP contribution in [0.15, 0.2) is 18.3 Å². The molecule has 1 aromatic heterocycles. The lowest BCUT2D eigenvalue weighted by molar-refractivity contribution is 0.0700. The van der Waals surface area contributed by atoms with E-state index in [-0.39, 0.29) is 17.1 Å². The van der Waals surface area contributed by atoms with Gasteiger partial charge in [0.05, 0.1) is 5.25 Å². The molecular weight excluding hydrogens is 312 g/mol. The lowest BCUT2D eigenvalue weighted by atomic mass is 9.93. The zero-order valence-electron chi connectivity index (χ0n) is 12.1. The van der Waals surface area contributed by atoms with E-state index in [0.29, 0.717) is 18.4 Å². The van der Waals surface area contributed by atoms with Crippen LogP contribution in [0.5, 0.6) is 0 Å². The fourth-order valence-electron chi connectivity index (χ4n) is 2.91. The summed E-state index contributed by atoms with van der Waals surface area (Å²) in [4.78, 5) is 17.9. The predicted octanol–water partition coefficient (Wildman–Crippen LogP) is 2.16. The zero-order chi connectivity index (χ0) is 15.6. The Labute approximate surface area is 130 Å². The van der Waals surface area contributed by atoms with Crippen molar-refractivity contribution in [2.24, 2.45) is 0 Å². The van der Waals surface area contributed by atoms with Crippen molar-refractivity contribution in [1.82, 2.24) is 9.88 Å². The molecule has 1 aliphatic rings. The maximum Gasteiger partial charge on any atom is 0.254 e. The van der Waals surface area contributed by atoms with E-state index in [1.54, 1.807) is 13.1 Å². The molecule has 7 heteroatoms. The molecule has 0 aliphatic heterocycles. The van der Waals surface area contributed by atoms with Crippen molar-refractivity contribution >= 4 is 27.3 Å². The van der Waals surface area contributed by atoms with Gasteiger partial charge >= 0.3 is 0 Å². The summed E-state index contributed by atoms with van der Waals surface area (Å²) in [6.07, 6.45) is 5.86. The summed E-state index contributed by atoms with van der Waals surface area (Å²) in [5, 5.41) is -0.241. The molecular formula is C14H19ClN2O3S. The molecule has 1 heterocycles. The topological polar surface area (TPSA) is 67.3 Å². The number of hydrogen-bond donors (Lipinski definition) is 0. The van der Waals surface area contributed by atoms with Crippen LogP contribution in [-0.2, 0) is 9.84 Å². The fraction of sp³-hybridized carbons (Fsp3) is 0.571. The smallest absolute Gasteiger partial charge is 0.254 e. The number of carbonyl (C=O) groups is 1. The Bertz CT molecular complexity index is 633. The fourth-order valence-corrected chi connectivity index (χ4v) is 4.57. The van der Waals surface area contributed by atoms with Gasteiger partial charge in [-0.25, -0.2) is 13.4 Å². The number of aromatic nitrogens is 1. The molecule has 21 heavy (non-hydrogen) atoms. The summed E-state index contributed by atoms with van der Waals surface area (Å²) in [5.41, 5.74) is 0.426. The van der Waals surface area contributed by atoms with Crippen LogP contribution >= 0.6 is 11.6 Å². The predicted molar refractivity (Wildman–Crippen MR) is 82.2 cm³/mol. The van der Waals surface area contributed by atoms with Gasteiger partial charge in [0.25, 0.3) is 5.91 Å². The summed E-state index contributed by atoms with van der Waals surface area (Å²) in [6.45, 7) is 0. The first-order chi connectivity index (χ1) is 9.80. The molecule has 2 atom stereocenters. The Morgan fingerprint density at radius 3 is 2.67 bits per heavy atom. The molecule has 0 saturated heterocycles. The van der Waals surface area contributed by atoms with E-state index in [0.717, 1.165) is 12.8 Å². The second-order valence-electron chi connectivity index (χ2n) is 5.50. The van der Waals surface area contributed by atoms with Crippen molar-refractivity contribution < 1.29 is 13.2 Å². The average Bonchev–Trinajstić information content (AvgIpc) is 2.45. The van der Waals surface area contributed by atoms with Gasteiger partial charge in [0.2, 0.25) is 0 Å². The number of rotatable bonds is 3. The van der Waals surface area contributed by atoms with Crippen LogP contribution in [0.1, 0.15) is 36.0 Å². The van der Waals surface area contributed by atoms with Crippen LogP contribution in [0, 0.1) is 0 Å². The standard InChI is InChI=1S/C14H19ClN2O3S/c1-17(14(18)10-7-8-16-13(15)9-10)11-5-3-4-6-12(11)21(2,19)20/h7-9,11-12H,3-6H2,1-2H3/t11-,12+/m0/s1. The van der Waals surface area contributed by atoms with Gasteiger partial charge in [0.15, 0.2) is 9.84 Å². The molecule has 0 spiro atoms. The van der Waals surface area contributed by atoms with Crippen LogP contribution in [0.2, 0.25) is 5.15 Å². The molecule has 0 N–H and O–H groups in total. The molecule has 2 rings (SSSR count). The highest BCUT2D eigenvalue weighted by atomic mass is 35.5. The highest BCUT2D eigenvalue weighted by Crippen LogP contribution is 2.28. The third kappa shape index (κ3) is 3.74. The third-order valence-electron chi connectivity index (χ3n) is 4.01. The van der Waals surface area contributed by atoms with Gasteiger partial charge in [-0.15, -0.1) is 0 Å². The van der Waals surface area contributed by atoms with Gasteiger partial charge in [0.1, 0.15) is 5.15 Å². The summed E-state index contributed by atoms with van der Waals surface area (Å²) in [5.74, 6) is -0.222. The SMILES string of the molecule is CN(C(=O)c1ccnc(Cl)c1)[C@H]1CCCC[C@H]1S(C)(=O)=O. The highest BCUT2D eigenvalue weighted by molar-refractivity contribution is 7.91. The quantitative estimate of drug-likeness (QED) is 0.796. The molecule has 0 radical (unpaired) electrons. The summed E-state index contributed by atoms with van der Waals surface area (Å²) in [6, 6.07) is 2.80. The Balaban J connectivity index is 2.25. The van der Waals surface area contributed by atoms with Crippen molar-refractivity contribution in [3.8, 4) is 0 Å². The number of carbonyl (C=O) groups excluding carboxylic acids is 1. The lowest BCUT2D eigenvalue weighted by Crippen LogP contribution is -2.49. The minimum Gasteiger partial charge on any atom is -0.337 e. The van der Waals surface area contributed by atoms with Crippen LogP contribution < -0.4 is 0 Å². The van der Waals surface area contributed by atoms with Crippen molar-refractivity contribution in [3.05, 3.63) is 29.0 Å².